The molecule has 1 unspecified atom stereocenters. The summed E-state index contributed by atoms with van der Waals surface area (Å²) < 4.78 is 2.76. The van der Waals surface area contributed by atoms with Crippen LogP contribution in [0.5, 0.6) is 0 Å². The zero-order chi connectivity index (χ0) is 13.4. The van der Waals surface area contributed by atoms with Crippen LogP contribution in [0.15, 0.2) is 27.8 Å². The summed E-state index contributed by atoms with van der Waals surface area (Å²) in [5.74, 6) is 0. The highest BCUT2D eigenvalue weighted by atomic mass is 16.2. The van der Waals surface area contributed by atoms with Gasteiger partial charge in [0, 0.05) is 7.05 Å². The first-order chi connectivity index (χ1) is 8.49. The summed E-state index contributed by atoms with van der Waals surface area (Å²) in [7, 11) is 3.40. The van der Waals surface area contributed by atoms with Crippen LogP contribution >= 0.6 is 0 Å². The minimum Gasteiger partial charge on any atom is -0.300 e. The summed E-state index contributed by atoms with van der Waals surface area (Å²) in [5.41, 5.74) is 1.00. The van der Waals surface area contributed by atoms with Crippen LogP contribution in [0.1, 0.15) is 18.7 Å². The van der Waals surface area contributed by atoms with Gasteiger partial charge in [0.15, 0.2) is 0 Å². The number of hydrogen-bond acceptors (Lipinski definition) is 3. The highest BCUT2D eigenvalue weighted by Crippen LogP contribution is 2.12. The van der Waals surface area contributed by atoms with Gasteiger partial charge in [-0.1, -0.05) is 12.1 Å². The first-order valence-corrected chi connectivity index (χ1v) is 5.87. The zero-order valence-corrected chi connectivity index (χ0v) is 11.0. The molecule has 5 heteroatoms. The zero-order valence-electron chi connectivity index (χ0n) is 11.0. The van der Waals surface area contributed by atoms with Gasteiger partial charge in [-0.2, -0.15) is 0 Å². The van der Waals surface area contributed by atoms with E-state index in [2.05, 4.69) is 5.32 Å². The first-order valence-electron chi connectivity index (χ1n) is 5.87. The largest absolute Gasteiger partial charge is 0.332 e. The van der Waals surface area contributed by atoms with Gasteiger partial charge in [0.05, 0.1) is 17.1 Å². The van der Waals surface area contributed by atoms with Crippen molar-refractivity contribution in [3.63, 3.8) is 0 Å². The van der Waals surface area contributed by atoms with Crippen molar-refractivity contribution in [3.05, 3.63) is 44.6 Å². The highest BCUT2D eigenvalue weighted by Gasteiger charge is 2.15. The summed E-state index contributed by atoms with van der Waals surface area (Å²) in [6, 6.07) is 5.52. The molecule has 0 aliphatic carbocycles. The Balaban J connectivity index is 3.04. The minimum absolute atomic E-state index is 0.243. The third-order valence-corrected chi connectivity index (χ3v) is 3.34. The summed E-state index contributed by atoms with van der Waals surface area (Å²) in [6.07, 6.45) is -0.333. The smallest absolute Gasteiger partial charge is 0.300 e. The van der Waals surface area contributed by atoms with Crippen molar-refractivity contribution in [2.24, 2.45) is 7.05 Å². The maximum atomic E-state index is 12.4. The van der Waals surface area contributed by atoms with Crippen molar-refractivity contribution in [2.75, 3.05) is 7.05 Å². The van der Waals surface area contributed by atoms with E-state index in [1.54, 1.807) is 27.1 Å². The lowest BCUT2D eigenvalue weighted by atomic mass is 10.1. The number of nitrogens with zero attached hydrogens (tertiary/aromatic N) is 2. The van der Waals surface area contributed by atoms with Gasteiger partial charge in [0.2, 0.25) is 0 Å². The molecule has 2 aromatic rings. The van der Waals surface area contributed by atoms with Crippen LogP contribution in [0.25, 0.3) is 10.9 Å². The van der Waals surface area contributed by atoms with E-state index in [4.69, 9.17) is 0 Å². The quantitative estimate of drug-likeness (QED) is 0.852. The lowest BCUT2D eigenvalue weighted by Crippen LogP contribution is -2.44. The van der Waals surface area contributed by atoms with E-state index in [9.17, 15) is 9.59 Å². The molecule has 0 aliphatic rings. The molecule has 0 bridgehead atoms. The summed E-state index contributed by atoms with van der Waals surface area (Å²) in [4.78, 5) is 24.6. The van der Waals surface area contributed by atoms with Gasteiger partial charge in [0.25, 0.3) is 5.56 Å². The Kier molecular flexibility index (Phi) is 3.09. The average molecular weight is 247 g/mol. The molecule has 0 aliphatic heterocycles. The molecule has 1 heterocycles. The topological polar surface area (TPSA) is 56.0 Å². The normalized spacial score (nSPS) is 12.9. The number of rotatable bonds is 2. The van der Waals surface area contributed by atoms with Crippen molar-refractivity contribution < 1.29 is 0 Å². The van der Waals surface area contributed by atoms with Crippen LogP contribution in [0.2, 0.25) is 0 Å². The van der Waals surface area contributed by atoms with Crippen LogP contribution in [-0.2, 0) is 7.05 Å². The molecule has 1 aromatic heterocycles. The summed E-state index contributed by atoms with van der Waals surface area (Å²) in [6.45, 7) is 3.66. The van der Waals surface area contributed by atoms with Crippen LogP contribution in [0.3, 0.4) is 0 Å². The maximum Gasteiger partial charge on any atom is 0.332 e. The molecule has 1 aromatic carbocycles. The fraction of sp³-hybridized carbons (Fsp3) is 0.385. The van der Waals surface area contributed by atoms with Gasteiger partial charge in [-0.15, -0.1) is 0 Å². The number of hydrogen-bond donors (Lipinski definition) is 1. The van der Waals surface area contributed by atoms with Crippen LogP contribution in [0, 0.1) is 6.92 Å². The van der Waals surface area contributed by atoms with Crippen molar-refractivity contribution in [2.45, 2.75) is 20.0 Å². The molecule has 5 nitrogen and oxygen atoms in total. The van der Waals surface area contributed by atoms with Gasteiger partial charge in [0.1, 0.15) is 0 Å². The Hall–Kier alpha value is -1.88. The van der Waals surface area contributed by atoms with Crippen molar-refractivity contribution in [1.29, 1.82) is 0 Å². The lowest BCUT2D eigenvalue weighted by Gasteiger charge is -2.16. The number of aromatic nitrogens is 2. The molecule has 0 saturated heterocycles. The van der Waals surface area contributed by atoms with Crippen molar-refractivity contribution in [1.82, 2.24) is 14.5 Å². The third-order valence-electron chi connectivity index (χ3n) is 3.34. The molecule has 0 spiro atoms. The molecule has 0 fully saturated rings. The lowest BCUT2D eigenvalue weighted by molar-refractivity contribution is 0.437. The summed E-state index contributed by atoms with van der Waals surface area (Å²) >= 11 is 0. The van der Waals surface area contributed by atoms with Gasteiger partial charge in [-0.25, -0.2) is 9.36 Å². The predicted octanol–water partition coefficient (Wildman–Crippen LogP) is 0.747. The maximum absolute atomic E-state index is 12.4. The highest BCUT2D eigenvalue weighted by molar-refractivity contribution is 5.81. The Labute approximate surface area is 105 Å². The number of aryl methyl sites for hydroxylation is 2. The molecule has 0 saturated carbocycles. The van der Waals surface area contributed by atoms with Gasteiger partial charge in [-0.3, -0.25) is 9.36 Å². The average Bonchev–Trinajstić information content (AvgIpc) is 2.35. The number of fused-ring (bicyclic) bond motifs is 1. The van der Waals surface area contributed by atoms with E-state index in [-0.39, 0.29) is 17.4 Å². The van der Waals surface area contributed by atoms with Crippen LogP contribution < -0.4 is 16.6 Å². The molecule has 2 rings (SSSR count). The second kappa shape index (κ2) is 4.42. The molecular formula is C13H17N3O2. The molecule has 1 N–H and O–H groups in total. The molecule has 0 amide bonds. The van der Waals surface area contributed by atoms with E-state index in [1.165, 1.54) is 9.13 Å². The fourth-order valence-corrected chi connectivity index (χ4v) is 2.15. The SMILES string of the molecule is CNC(C)n1c(=O)c2c(C)cccc2n(C)c1=O. The van der Waals surface area contributed by atoms with Gasteiger partial charge in [-0.05, 0) is 32.5 Å². The van der Waals surface area contributed by atoms with Gasteiger partial charge < -0.3 is 5.32 Å². The Morgan fingerprint density at radius 2 is 1.94 bits per heavy atom. The van der Waals surface area contributed by atoms with E-state index in [1.807, 2.05) is 19.1 Å². The summed E-state index contributed by atoms with van der Waals surface area (Å²) in [5, 5.41) is 3.52. The van der Waals surface area contributed by atoms with Crippen molar-refractivity contribution >= 4 is 10.9 Å². The number of nitrogens with one attached hydrogen (secondary N) is 1. The molecule has 1 atom stereocenters. The molecule has 0 radical (unpaired) electrons. The van der Waals surface area contributed by atoms with E-state index in [0.29, 0.717) is 10.9 Å². The van der Waals surface area contributed by atoms with Crippen LogP contribution in [0.4, 0.5) is 0 Å². The molecule has 18 heavy (non-hydrogen) atoms. The monoisotopic (exact) mass is 247 g/mol. The standard InChI is InChI=1S/C13H17N3O2/c1-8-6-5-7-10-11(8)12(17)16(9(2)14-3)13(18)15(10)4/h5-7,9,14H,1-4H3. The molecule has 96 valence electrons. The van der Waals surface area contributed by atoms with E-state index >= 15 is 0 Å². The second-order valence-electron chi connectivity index (χ2n) is 4.45. The second-order valence-corrected chi connectivity index (χ2v) is 4.45. The number of benzene rings is 1. The Bertz CT molecular complexity index is 712. The fourth-order valence-electron chi connectivity index (χ4n) is 2.15. The third kappa shape index (κ3) is 1.67. The molecular weight excluding hydrogens is 230 g/mol. The Morgan fingerprint density at radius 1 is 1.28 bits per heavy atom. The predicted molar refractivity (Wildman–Crippen MR) is 72.0 cm³/mol. The van der Waals surface area contributed by atoms with Gasteiger partial charge >= 0.3 is 5.69 Å². The minimum atomic E-state index is -0.333. The van der Waals surface area contributed by atoms with E-state index < -0.39 is 0 Å². The first kappa shape index (κ1) is 12.6. The van der Waals surface area contributed by atoms with Crippen molar-refractivity contribution in [3.8, 4) is 0 Å². The Morgan fingerprint density at radius 3 is 2.56 bits per heavy atom. The van der Waals surface area contributed by atoms with Crippen LogP contribution in [-0.4, -0.2) is 16.2 Å². The van der Waals surface area contributed by atoms with E-state index in [0.717, 1.165) is 5.56 Å².